The fraction of sp³-hybridized carbons (Fsp3) is 0.235. The number of anilines is 1. The molecule has 3 rings (SSSR count). The van der Waals surface area contributed by atoms with Gasteiger partial charge in [-0.25, -0.2) is 4.39 Å². The van der Waals surface area contributed by atoms with Crippen molar-refractivity contribution < 1.29 is 9.18 Å². The number of carbonyl (C=O) groups is 1. The SMILES string of the molecule is Cc1cc(F)cc(C(=O)Nc2cccc3c2CCNC3)c1. The number of rotatable bonds is 2. The van der Waals surface area contributed by atoms with E-state index < -0.39 is 0 Å². The smallest absolute Gasteiger partial charge is 0.255 e. The Hall–Kier alpha value is -2.20. The van der Waals surface area contributed by atoms with Crippen LogP contribution in [0.4, 0.5) is 10.1 Å². The topological polar surface area (TPSA) is 41.1 Å². The zero-order valence-electron chi connectivity index (χ0n) is 11.9. The predicted molar refractivity (Wildman–Crippen MR) is 80.9 cm³/mol. The van der Waals surface area contributed by atoms with Gasteiger partial charge in [-0.2, -0.15) is 0 Å². The Balaban J connectivity index is 1.88. The van der Waals surface area contributed by atoms with Crippen LogP contribution in [0.2, 0.25) is 0 Å². The number of hydrogen-bond donors (Lipinski definition) is 2. The molecule has 0 spiro atoms. The second-order valence-electron chi connectivity index (χ2n) is 5.34. The van der Waals surface area contributed by atoms with Crippen LogP contribution in [0.5, 0.6) is 0 Å². The van der Waals surface area contributed by atoms with E-state index in [1.54, 1.807) is 13.0 Å². The Labute approximate surface area is 123 Å². The maximum absolute atomic E-state index is 13.4. The average molecular weight is 284 g/mol. The minimum Gasteiger partial charge on any atom is -0.322 e. The molecule has 0 bridgehead atoms. The molecular weight excluding hydrogens is 267 g/mol. The van der Waals surface area contributed by atoms with Crippen molar-refractivity contribution in [1.82, 2.24) is 5.32 Å². The number of aryl methyl sites for hydroxylation is 1. The lowest BCUT2D eigenvalue weighted by Gasteiger charge is -2.20. The fourth-order valence-corrected chi connectivity index (χ4v) is 2.71. The zero-order valence-corrected chi connectivity index (χ0v) is 11.9. The summed E-state index contributed by atoms with van der Waals surface area (Å²) < 4.78 is 13.4. The fourth-order valence-electron chi connectivity index (χ4n) is 2.71. The van der Waals surface area contributed by atoms with E-state index in [1.807, 2.05) is 12.1 Å². The summed E-state index contributed by atoms with van der Waals surface area (Å²) >= 11 is 0. The highest BCUT2D eigenvalue weighted by Crippen LogP contribution is 2.23. The standard InChI is InChI=1S/C17H17FN2O/c1-11-7-13(9-14(18)8-11)17(21)20-16-4-2-3-12-10-19-6-5-15(12)16/h2-4,7-9,19H,5-6,10H2,1H3,(H,20,21). The van der Waals surface area contributed by atoms with Crippen molar-refractivity contribution in [3.63, 3.8) is 0 Å². The highest BCUT2D eigenvalue weighted by molar-refractivity contribution is 6.04. The van der Waals surface area contributed by atoms with Crippen molar-refractivity contribution in [3.05, 3.63) is 64.5 Å². The molecule has 0 radical (unpaired) electrons. The first kappa shape index (κ1) is 13.8. The minimum absolute atomic E-state index is 0.274. The highest BCUT2D eigenvalue weighted by atomic mass is 19.1. The molecule has 0 aliphatic carbocycles. The minimum atomic E-state index is -0.389. The second kappa shape index (κ2) is 5.66. The predicted octanol–water partition coefficient (Wildman–Crippen LogP) is 3.03. The van der Waals surface area contributed by atoms with Crippen LogP contribution in [-0.2, 0) is 13.0 Å². The van der Waals surface area contributed by atoms with Crippen molar-refractivity contribution in [2.24, 2.45) is 0 Å². The quantitative estimate of drug-likeness (QED) is 0.890. The Morgan fingerprint density at radius 1 is 1.29 bits per heavy atom. The Morgan fingerprint density at radius 3 is 2.95 bits per heavy atom. The van der Waals surface area contributed by atoms with Crippen molar-refractivity contribution in [3.8, 4) is 0 Å². The van der Waals surface area contributed by atoms with Crippen molar-refractivity contribution in [1.29, 1.82) is 0 Å². The molecule has 2 aromatic carbocycles. The van der Waals surface area contributed by atoms with Gasteiger partial charge in [0.1, 0.15) is 5.82 Å². The van der Waals surface area contributed by atoms with Gasteiger partial charge < -0.3 is 10.6 Å². The third kappa shape index (κ3) is 2.95. The van der Waals surface area contributed by atoms with Crippen molar-refractivity contribution >= 4 is 11.6 Å². The van der Waals surface area contributed by atoms with Gasteiger partial charge in [0.25, 0.3) is 5.91 Å². The van der Waals surface area contributed by atoms with Crippen molar-refractivity contribution in [2.75, 3.05) is 11.9 Å². The molecule has 4 heteroatoms. The van der Waals surface area contributed by atoms with Gasteiger partial charge in [0.2, 0.25) is 0 Å². The Morgan fingerprint density at radius 2 is 2.14 bits per heavy atom. The van der Waals surface area contributed by atoms with E-state index in [0.29, 0.717) is 5.56 Å². The second-order valence-corrected chi connectivity index (χ2v) is 5.34. The molecule has 2 aromatic rings. The lowest BCUT2D eigenvalue weighted by Crippen LogP contribution is -2.25. The lowest BCUT2D eigenvalue weighted by molar-refractivity contribution is 0.102. The Bertz CT molecular complexity index is 677. The molecule has 2 N–H and O–H groups in total. The van der Waals surface area contributed by atoms with Gasteiger partial charge in [0.05, 0.1) is 0 Å². The molecule has 21 heavy (non-hydrogen) atoms. The molecule has 0 saturated heterocycles. The van der Waals surface area contributed by atoms with Crippen LogP contribution in [0.15, 0.2) is 36.4 Å². The van der Waals surface area contributed by atoms with Gasteiger partial charge in [0, 0.05) is 17.8 Å². The van der Waals surface area contributed by atoms with E-state index in [2.05, 4.69) is 16.7 Å². The third-order valence-electron chi connectivity index (χ3n) is 3.69. The number of halogens is 1. The van der Waals surface area contributed by atoms with Crippen LogP contribution in [0.3, 0.4) is 0 Å². The highest BCUT2D eigenvalue weighted by Gasteiger charge is 2.15. The number of hydrogen-bond acceptors (Lipinski definition) is 2. The summed E-state index contributed by atoms with van der Waals surface area (Å²) in [6.07, 6.45) is 0.883. The molecule has 0 unspecified atom stereocenters. The molecule has 1 heterocycles. The monoisotopic (exact) mass is 284 g/mol. The lowest BCUT2D eigenvalue weighted by atomic mass is 9.99. The molecule has 0 saturated carbocycles. The van der Waals surface area contributed by atoms with E-state index >= 15 is 0 Å². The molecule has 108 valence electrons. The number of nitrogens with one attached hydrogen (secondary N) is 2. The van der Waals surface area contributed by atoms with Gasteiger partial charge in [-0.15, -0.1) is 0 Å². The number of amides is 1. The summed E-state index contributed by atoms with van der Waals surface area (Å²) in [4.78, 5) is 12.3. The zero-order chi connectivity index (χ0) is 14.8. The van der Waals surface area contributed by atoms with Gasteiger partial charge in [-0.3, -0.25) is 4.79 Å². The van der Waals surface area contributed by atoms with Gasteiger partial charge in [-0.1, -0.05) is 12.1 Å². The third-order valence-corrected chi connectivity index (χ3v) is 3.69. The molecule has 0 atom stereocenters. The first-order valence-electron chi connectivity index (χ1n) is 7.03. The maximum Gasteiger partial charge on any atom is 0.255 e. The Kier molecular flexibility index (Phi) is 3.71. The average Bonchev–Trinajstić information content (AvgIpc) is 2.46. The van der Waals surface area contributed by atoms with E-state index in [0.717, 1.165) is 36.3 Å². The molecular formula is C17H17FN2O. The largest absolute Gasteiger partial charge is 0.322 e. The van der Waals surface area contributed by atoms with Gasteiger partial charge in [0.15, 0.2) is 0 Å². The number of carbonyl (C=O) groups excluding carboxylic acids is 1. The summed E-state index contributed by atoms with van der Waals surface area (Å²) in [6.45, 7) is 3.49. The van der Waals surface area contributed by atoms with E-state index in [9.17, 15) is 9.18 Å². The molecule has 3 nitrogen and oxygen atoms in total. The van der Waals surface area contributed by atoms with Crippen LogP contribution < -0.4 is 10.6 Å². The number of benzene rings is 2. The van der Waals surface area contributed by atoms with E-state index in [-0.39, 0.29) is 11.7 Å². The first-order chi connectivity index (χ1) is 10.1. The van der Waals surface area contributed by atoms with Crippen molar-refractivity contribution in [2.45, 2.75) is 19.9 Å². The summed E-state index contributed by atoms with van der Waals surface area (Å²) in [7, 11) is 0. The van der Waals surface area contributed by atoms with E-state index in [4.69, 9.17) is 0 Å². The van der Waals surface area contributed by atoms with Crippen LogP contribution in [-0.4, -0.2) is 12.5 Å². The molecule has 1 aliphatic rings. The summed E-state index contributed by atoms with van der Waals surface area (Å²) in [6, 6.07) is 10.2. The molecule has 0 fully saturated rings. The van der Waals surface area contributed by atoms with Crippen LogP contribution in [0.1, 0.15) is 27.0 Å². The molecule has 1 aliphatic heterocycles. The van der Waals surface area contributed by atoms with Crippen LogP contribution in [0.25, 0.3) is 0 Å². The first-order valence-corrected chi connectivity index (χ1v) is 7.03. The van der Waals surface area contributed by atoms with Gasteiger partial charge in [-0.05, 0) is 60.8 Å². The number of fused-ring (bicyclic) bond motifs is 1. The van der Waals surface area contributed by atoms with Gasteiger partial charge >= 0.3 is 0 Å². The summed E-state index contributed by atoms with van der Waals surface area (Å²) in [5, 5.41) is 6.21. The normalized spacial score (nSPS) is 13.6. The summed E-state index contributed by atoms with van der Waals surface area (Å²) in [5.41, 5.74) is 4.27. The maximum atomic E-state index is 13.4. The van der Waals surface area contributed by atoms with Crippen LogP contribution in [0, 0.1) is 12.7 Å². The molecule has 1 amide bonds. The van der Waals surface area contributed by atoms with E-state index in [1.165, 1.54) is 17.7 Å². The summed E-state index contributed by atoms with van der Waals surface area (Å²) in [5.74, 6) is -0.663. The molecule has 0 aromatic heterocycles. The van der Waals surface area contributed by atoms with Crippen LogP contribution >= 0.6 is 0 Å².